The van der Waals surface area contributed by atoms with E-state index in [0.29, 0.717) is 18.4 Å². The Bertz CT molecular complexity index is 955. The smallest absolute Gasteiger partial charge is 0.188 e. The molecule has 0 spiro atoms. The van der Waals surface area contributed by atoms with Crippen molar-refractivity contribution in [3.8, 4) is 17.2 Å². The van der Waals surface area contributed by atoms with Gasteiger partial charge in [-0.25, -0.2) is 4.68 Å². The van der Waals surface area contributed by atoms with Crippen LogP contribution >= 0.6 is 0 Å². The molecule has 1 heterocycles. The van der Waals surface area contributed by atoms with Crippen molar-refractivity contribution in [3.05, 3.63) is 65.9 Å². The van der Waals surface area contributed by atoms with E-state index in [0.717, 1.165) is 34.3 Å². The van der Waals surface area contributed by atoms with E-state index < -0.39 is 0 Å². The fourth-order valence-corrected chi connectivity index (χ4v) is 3.48. The summed E-state index contributed by atoms with van der Waals surface area (Å²) in [5, 5.41) is 8.43. The fraction of sp³-hybridized carbons (Fsp3) is 0.348. The first-order valence-corrected chi connectivity index (χ1v) is 9.87. The summed E-state index contributed by atoms with van der Waals surface area (Å²) in [5.41, 5.74) is 3.17. The SMILES string of the molecule is COCOc1ccc(OC)cc1CNc1cc([C@@H]2C[C@H]2C)nn1-c1ccccc1. The molecule has 1 aromatic heterocycles. The highest BCUT2D eigenvalue weighted by molar-refractivity contribution is 5.49. The average Bonchev–Trinajstić information content (AvgIpc) is 3.34. The van der Waals surface area contributed by atoms with Gasteiger partial charge >= 0.3 is 0 Å². The van der Waals surface area contributed by atoms with Crippen LogP contribution in [0, 0.1) is 5.92 Å². The monoisotopic (exact) mass is 393 g/mol. The van der Waals surface area contributed by atoms with Gasteiger partial charge in [0.2, 0.25) is 0 Å². The second-order valence-corrected chi connectivity index (χ2v) is 7.40. The van der Waals surface area contributed by atoms with Crippen molar-refractivity contribution in [2.75, 3.05) is 26.3 Å². The second-order valence-electron chi connectivity index (χ2n) is 7.40. The first kappa shape index (κ1) is 19.3. The van der Waals surface area contributed by atoms with Gasteiger partial charge in [0.25, 0.3) is 0 Å². The molecule has 0 saturated heterocycles. The predicted octanol–water partition coefficient (Wildman–Crippen LogP) is 4.60. The lowest BCUT2D eigenvalue weighted by Gasteiger charge is -2.14. The van der Waals surface area contributed by atoms with Gasteiger partial charge in [0.1, 0.15) is 17.3 Å². The molecule has 0 bridgehead atoms. The van der Waals surface area contributed by atoms with E-state index in [4.69, 9.17) is 19.3 Å². The summed E-state index contributed by atoms with van der Waals surface area (Å²) in [6.07, 6.45) is 1.20. The zero-order chi connectivity index (χ0) is 20.2. The van der Waals surface area contributed by atoms with Gasteiger partial charge in [-0.1, -0.05) is 25.1 Å². The van der Waals surface area contributed by atoms with Gasteiger partial charge in [0, 0.05) is 31.2 Å². The normalized spacial score (nSPS) is 17.8. The van der Waals surface area contributed by atoms with E-state index in [1.807, 2.05) is 41.1 Å². The highest BCUT2D eigenvalue weighted by Crippen LogP contribution is 2.47. The van der Waals surface area contributed by atoms with Crippen molar-refractivity contribution >= 4 is 5.82 Å². The van der Waals surface area contributed by atoms with Crippen molar-refractivity contribution in [1.29, 1.82) is 0 Å². The van der Waals surface area contributed by atoms with Crippen LogP contribution in [0.25, 0.3) is 5.69 Å². The fourth-order valence-electron chi connectivity index (χ4n) is 3.48. The van der Waals surface area contributed by atoms with Crippen LogP contribution in [0.5, 0.6) is 11.5 Å². The Kier molecular flexibility index (Phi) is 5.71. The van der Waals surface area contributed by atoms with Crippen molar-refractivity contribution in [3.63, 3.8) is 0 Å². The molecule has 0 amide bonds. The minimum absolute atomic E-state index is 0.199. The summed E-state index contributed by atoms with van der Waals surface area (Å²) in [6, 6.07) is 18.1. The van der Waals surface area contributed by atoms with E-state index >= 15 is 0 Å². The molecule has 1 saturated carbocycles. The van der Waals surface area contributed by atoms with Gasteiger partial charge in [-0.2, -0.15) is 5.10 Å². The quantitative estimate of drug-likeness (QED) is 0.539. The van der Waals surface area contributed by atoms with Gasteiger partial charge in [0.15, 0.2) is 6.79 Å². The molecule has 2 atom stereocenters. The zero-order valence-electron chi connectivity index (χ0n) is 17.1. The molecule has 6 heteroatoms. The number of rotatable bonds is 9. The van der Waals surface area contributed by atoms with Crippen LogP contribution in [0.15, 0.2) is 54.6 Å². The number of hydrogen-bond donors (Lipinski definition) is 1. The molecule has 2 aromatic carbocycles. The number of nitrogens with one attached hydrogen (secondary N) is 1. The van der Waals surface area contributed by atoms with Crippen molar-refractivity contribution < 1.29 is 14.2 Å². The standard InChI is InChI=1S/C23H27N3O3/c1-16-11-20(16)21-13-23(26(25-21)18-7-5-4-6-8-18)24-14-17-12-19(28-3)9-10-22(17)29-15-27-2/h4-10,12-13,16,20,24H,11,14-15H2,1-3H3/t16-,20-/m1/s1. The largest absolute Gasteiger partial charge is 0.497 e. The number of aromatic nitrogens is 2. The van der Waals surface area contributed by atoms with Crippen LogP contribution in [-0.4, -0.2) is 30.8 Å². The zero-order valence-corrected chi connectivity index (χ0v) is 17.1. The first-order valence-electron chi connectivity index (χ1n) is 9.87. The summed E-state index contributed by atoms with van der Waals surface area (Å²) >= 11 is 0. The van der Waals surface area contributed by atoms with Crippen LogP contribution in [-0.2, 0) is 11.3 Å². The Labute approximate surface area is 171 Å². The van der Waals surface area contributed by atoms with Crippen LogP contribution in [0.3, 0.4) is 0 Å². The lowest BCUT2D eigenvalue weighted by molar-refractivity contribution is 0.0504. The molecule has 29 heavy (non-hydrogen) atoms. The maximum Gasteiger partial charge on any atom is 0.188 e. The predicted molar refractivity (Wildman–Crippen MR) is 113 cm³/mol. The van der Waals surface area contributed by atoms with Gasteiger partial charge in [0.05, 0.1) is 18.5 Å². The van der Waals surface area contributed by atoms with E-state index in [9.17, 15) is 0 Å². The minimum Gasteiger partial charge on any atom is -0.497 e. The van der Waals surface area contributed by atoms with E-state index in [1.165, 1.54) is 6.42 Å². The lowest BCUT2D eigenvalue weighted by Crippen LogP contribution is -2.09. The minimum atomic E-state index is 0.199. The molecule has 1 N–H and O–H groups in total. The molecular formula is C23H27N3O3. The highest BCUT2D eigenvalue weighted by atomic mass is 16.7. The first-order chi connectivity index (χ1) is 14.2. The van der Waals surface area contributed by atoms with E-state index in [2.05, 4.69) is 30.4 Å². The number of methoxy groups -OCH3 is 2. The molecule has 6 nitrogen and oxygen atoms in total. The molecule has 1 aliphatic rings. The number of benzene rings is 2. The summed E-state index contributed by atoms with van der Waals surface area (Å²) in [5.74, 6) is 3.77. The van der Waals surface area contributed by atoms with Crippen LogP contribution in [0.1, 0.15) is 30.5 Å². The third kappa shape index (κ3) is 4.38. The van der Waals surface area contributed by atoms with Gasteiger partial charge in [-0.3, -0.25) is 0 Å². The Morgan fingerprint density at radius 3 is 2.59 bits per heavy atom. The molecular weight excluding hydrogens is 366 g/mol. The third-order valence-corrected chi connectivity index (χ3v) is 5.28. The van der Waals surface area contributed by atoms with Gasteiger partial charge in [-0.05, 0) is 42.7 Å². The summed E-state index contributed by atoms with van der Waals surface area (Å²) in [6.45, 7) is 3.05. The second kappa shape index (κ2) is 8.57. The Morgan fingerprint density at radius 1 is 1.10 bits per heavy atom. The van der Waals surface area contributed by atoms with Gasteiger partial charge < -0.3 is 19.5 Å². The molecule has 152 valence electrons. The number of ether oxygens (including phenoxy) is 3. The Morgan fingerprint density at radius 2 is 1.90 bits per heavy atom. The van der Waals surface area contributed by atoms with E-state index in [1.54, 1.807) is 14.2 Å². The number of anilines is 1. The Hall–Kier alpha value is -2.99. The molecule has 1 aliphatic carbocycles. The highest BCUT2D eigenvalue weighted by Gasteiger charge is 2.36. The van der Waals surface area contributed by atoms with Crippen molar-refractivity contribution in [2.45, 2.75) is 25.8 Å². The molecule has 4 rings (SSSR count). The Balaban J connectivity index is 1.60. The summed E-state index contributed by atoms with van der Waals surface area (Å²) < 4.78 is 18.1. The average molecular weight is 393 g/mol. The maximum absolute atomic E-state index is 5.72. The molecule has 0 unspecified atom stereocenters. The number of hydrogen-bond acceptors (Lipinski definition) is 5. The van der Waals surface area contributed by atoms with Crippen molar-refractivity contribution in [2.24, 2.45) is 5.92 Å². The molecule has 0 radical (unpaired) electrons. The number of para-hydroxylation sites is 1. The van der Waals surface area contributed by atoms with Crippen LogP contribution in [0.2, 0.25) is 0 Å². The summed E-state index contributed by atoms with van der Waals surface area (Å²) in [4.78, 5) is 0. The van der Waals surface area contributed by atoms with Crippen LogP contribution < -0.4 is 14.8 Å². The third-order valence-electron chi connectivity index (χ3n) is 5.28. The van der Waals surface area contributed by atoms with E-state index in [-0.39, 0.29) is 6.79 Å². The number of nitrogens with zero attached hydrogens (tertiary/aromatic N) is 2. The maximum atomic E-state index is 5.72. The molecule has 0 aliphatic heterocycles. The van der Waals surface area contributed by atoms with Crippen molar-refractivity contribution in [1.82, 2.24) is 9.78 Å². The molecule has 3 aromatic rings. The molecule has 1 fully saturated rings. The van der Waals surface area contributed by atoms with Gasteiger partial charge in [-0.15, -0.1) is 0 Å². The topological polar surface area (TPSA) is 57.5 Å². The summed E-state index contributed by atoms with van der Waals surface area (Å²) in [7, 11) is 3.27. The lowest BCUT2D eigenvalue weighted by atomic mass is 10.2. The van der Waals surface area contributed by atoms with Crippen LogP contribution in [0.4, 0.5) is 5.82 Å².